The molecule has 4 nitrogen and oxygen atoms in total. The lowest BCUT2D eigenvalue weighted by Gasteiger charge is -2.08. The van der Waals surface area contributed by atoms with Gasteiger partial charge in [-0.2, -0.15) is 0 Å². The van der Waals surface area contributed by atoms with Gasteiger partial charge >= 0.3 is 0 Å². The van der Waals surface area contributed by atoms with Gasteiger partial charge in [0.2, 0.25) is 0 Å². The van der Waals surface area contributed by atoms with Gasteiger partial charge in [-0.1, -0.05) is 0 Å². The van der Waals surface area contributed by atoms with Crippen molar-refractivity contribution in [2.45, 2.75) is 31.9 Å². The predicted octanol–water partition coefficient (Wildman–Crippen LogP) is 0.439. The van der Waals surface area contributed by atoms with E-state index in [0.29, 0.717) is 5.92 Å². The van der Waals surface area contributed by atoms with Gasteiger partial charge < -0.3 is 9.67 Å². The third kappa shape index (κ3) is 1.64. The zero-order chi connectivity index (χ0) is 8.39. The first-order valence-electron chi connectivity index (χ1n) is 4.35. The van der Waals surface area contributed by atoms with Gasteiger partial charge in [0.25, 0.3) is 0 Å². The Bertz CT molecular complexity index is 234. The zero-order valence-electron chi connectivity index (χ0n) is 6.93. The lowest BCUT2D eigenvalue weighted by Crippen LogP contribution is -2.07. The Labute approximate surface area is 71.2 Å². The van der Waals surface area contributed by atoms with Crippen molar-refractivity contribution < 1.29 is 5.11 Å². The smallest absolute Gasteiger partial charge is 0.119 e. The first kappa shape index (κ1) is 7.73. The van der Waals surface area contributed by atoms with Crippen LogP contribution in [0.15, 0.2) is 12.7 Å². The molecule has 0 amide bonds. The van der Waals surface area contributed by atoms with Crippen LogP contribution in [0, 0.1) is 5.92 Å². The van der Waals surface area contributed by atoms with E-state index in [2.05, 4.69) is 10.2 Å². The summed E-state index contributed by atoms with van der Waals surface area (Å²) in [6.07, 6.45) is 6.38. The maximum absolute atomic E-state index is 9.29. The van der Waals surface area contributed by atoms with Crippen LogP contribution in [0.25, 0.3) is 0 Å². The third-order valence-corrected chi connectivity index (χ3v) is 2.45. The Morgan fingerprint density at radius 2 is 2.08 bits per heavy atom. The van der Waals surface area contributed by atoms with Crippen LogP contribution in [-0.2, 0) is 6.54 Å². The quantitative estimate of drug-likeness (QED) is 0.695. The second-order valence-electron chi connectivity index (χ2n) is 3.49. The van der Waals surface area contributed by atoms with Crippen LogP contribution in [-0.4, -0.2) is 26.0 Å². The highest BCUT2D eigenvalue weighted by Gasteiger charge is 2.22. The average molecular weight is 167 g/mol. The fourth-order valence-electron chi connectivity index (χ4n) is 1.83. The molecule has 0 aromatic carbocycles. The summed E-state index contributed by atoms with van der Waals surface area (Å²) in [7, 11) is 0. The largest absolute Gasteiger partial charge is 0.393 e. The summed E-state index contributed by atoms with van der Waals surface area (Å²) in [6, 6.07) is 0. The minimum Gasteiger partial charge on any atom is -0.393 e. The molecular formula is C8H13N3O. The fraction of sp³-hybridized carbons (Fsp3) is 0.750. The molecule has 2 unspecified atom stereocenters. The van der Waals surface area contributed by atoms with Crippen molar-refractivity contribution in [1.29, 1.82) is 0 Å². The average Bonchev–Trinajstić information content (AvgIpc) is 2.63. The lowest BCUT2D eigenvalue weighted by molar-refractivity contribution is 0.176. The molecule has 2 rings (SSSR count). The fourth-order valence-corrected chi connectivity index (χ4v) is 1.83. The summed E-state index contributed by atoms with van der Waals surface area (Å²) in [6.45, 7) is 0.948. The summed E-state index contributed by atoms with van der Waals surface area (Å²) >= 11 is 0. The molecule has 0 saturated heterocycles. The second kappa shape index (κ2) is 3.23. The van der Waals surface area contributed by atoms with E-state index in [4.69, 9.17) is 0 Å². The van der Waals surface area contributed by atoms with Crippen LogP contribution >= 0.6 is 0 Å². The monoisotopic (exact) mass is 167 g/mol. The Kier molecular flexibility index (Phi) is 2.08. The van der Waals surface area contributed by atoms with E-state index in [1.807, 2.05) is 4.57 Å². The highest BCUT2D eigenvalue weighted by molar-refractivity contribution is 4.76. The number of aliphatic hydroxyl groups excluding tert-OH is 1. The predicted molar refractivity (Wildman–Crippen MR) is 43.4 cm³/mol. The van der Waals surface area contributed by atoms with Crippen LogP contribution in [0.5, 0.6) is 0 Å². The van der Waals surface area contributed by atoms with Gasteiger partial charge in [-0.15, -0.1) is 10.2 Å². The molecule has 0 spiro atoms. The molecule has 12 heavy (non-hydrogen) atoms. The molecule has 1 aliphatic rings. The van der Waals surface area contributed by atoms with Gasteiger partial charge in [0.1, 0.15) is 12.7 Å². The standard InChI is InChI=1S/C8H13N3O/c12-8-2-1-7(3-8)4-11-5-9-10-6-11/h5-8,12H,1-4H2. The van der Waals surface area contributed by atoms with E-state index in [9.17, 15) is 5.11 Å². The molecule has 1 heterocycles. The van der Waals surface area contributed by atoms with Crippen LogP contribution in [0.2, 0.25) is 0 Å². The number of nitrogens with zero attached hydrogens (tertiary/aromatic N) is 3. The minimum absolute atomic E-state index is 0.0773. The van der Waals surface area contributed by atoms with Gasteiger partial charge in [0, 0.05) is 6.54 Å². The number of hydrogen-bond acceptors (Lipinski definition) is 3. The molecule has 1 N–H and O–H groups in total. The van der Waals surface area contributed by atoms with E-state index >= 15 is 0 Å². The highest BCUT2D eigenvalue weighted by Crippen LogP contribution is 2.26. The Morgan fingerprint density at radius 3 is 2.67 bits per heavy atom. The number of rotatable bonds is 2. The Balaban J connectivity index is 1.88. The summed E-state index contributed by atoms with van der Waals surface area (Å²) in [5, 5.41) is 16.8. The van der Waals surface area contributed by atoms with Gasteiger partial charge in [-0.05, 0) is 25.2 Å². The van der Waals surface area contributed by atoms with Gasteiger partial charge in [-0.25, -0.2) is 0 Å². The van der Waals surface area contributed by atoms with Crippen LogP contribution in [0.1, 0.15) is 19.3 Å². The van der Waals surface area contributed by atoms with Crippen molar-refractivity contribution in [1.82, 2.24) is 14.8 Å². The molecular weight excluding hydrogens is 154 g/mol. The Morgan fingerprint density at radius 1 is 1.33 bits per heavy atom. The number of aromatic nitrogens is 3. The van der Waals surface area contributed by atoms with Crippen LogP contribution in [0.4, 0.5) is 0 Å². The molecule has 0 radical (unpaired) electrons. The molecule has 0 aliphatic heterocycles. The summed E-state index contributed by atoms with van der Waals surface area (Å²) < 4.78 is 1.97. The van der Waals surface area contributed by atoms with Crippen molar-refractivity contribution in [2.75, 3.05) is 0 Å². The van der Waals surface area contributed by atoms with Gasteiger partial charge in [0.05, 0.1) is 6.10 Å². The molecule has 1 fully saturated rings. The van der Waals surface area contributed by atoms with Crippen molar-refractivity contribution >= 4 is 0 Å². The molecule has 1 saturated carbocycles. The van der Waals surface area contributed by atoms with E-state index in [1.54, 1.807) is 12.7 Å². The first-order valence-corrected chi connectivity index (χ1v) is 4.35. The zero-order valence-corrected chi connectivity index (χ0v) is 6.93. The van der Waals surface area contributed by atoms with Crippen molar-refractivity contribution in [3.63, 3.8) is 0 Å². The second-order valence-corrected chi connectivity index (χ2v) is 3.49. The normalized spacial score (nSPS) is 29.4. The molecule has 0 bridgehead atoms. The molecule has 2 atom stereocenters. The SMILES string of the molecule is OC1CCC(Cn2cnnc2)C1. The molecule has 1 aromatic rings. The van der Waals surface area contributed by atoms with Crippen molar-refractivity contribution in [3.05, 3.63) is 12.7 Å². The third-order valence-electron chi connectivity index (χ3n) is 2.45. The molecule has 1 aromatic heterocycles. The number of aliphatic hydroxyl groups is 1. The van der Waals surface area contributed by atoms with Gasteiger partial charge in [0.15, 0.2) is 0 Å². The molecule has 66 valence electrons. The van der Waals surface area contributed by atoms with E-state index in [-0.39, 0.29) is 6.10 Å². The van der Waals surface area contributed by atoms with E-state index < -0.39 is 0 Å². The van der Waals surface area contributed by atoms with Crippen LogP contribution in [0.3, 0.4) is 0 Å². The maximum atomic E-state index is 9.29. The highest BCUT2D eigenvalue weighted by atomic mass is 16.3. The van der Waals surface area contributed by atoms with Crippen molar-refractivity contribution in [3.8, 4) is 0 Å². The lowest BCUT2D eigenvalue weighted by atomic mass is 10.1. The minimum atomic E-state index is -0.0773. The topological polar surface area (TPSA) is 50.9 Å². The molecule has 1 aliphatic carbocycles. The van der Waals surface area contributed by atoms with E-state index in [0.717, 1.165) is 25.8 Å². The Hall–Kier alpha value is -0.900. The number of hydrogen-bond donors (Lipinski definition) is 1. The van der Waals surface area contributed by atoms with E-state index in [1.165, 1.54) is 0 Å². The van der Waals surface area contributed by atoms with Crippen LogP contribution < -0.4 is 0 Å². The van der Waals surface area contributed by atoms with Gasteiger partial charge in [-0.3, -0.25) is 0 Å². The summed E-state index contributed by atoms with van der Waals surface area (Å²) in [4.78, 5) is 0. The first-order chi connectivity index (χ1) is 5.84. The summed E-state index contributed by atoms with van der Waals surface area (Å²) in [5.41, 5.74) is 0. The van der Waals surface area contributed by atoms with Crippen molar-refractivity contribution in [2.24, 2.45) is 5.92 Å². The summed E-state index contributed by atoms with van der Waals surface area (Å²) in [5.74, 6) is 0.607. The molecule has 4 heteroatoms. The maximum Gasteiger partial charge on any atom is 0.119 e.